The number of aromatic nitrogens is 3. The van der Waals surface area contributed by atoms with E-state index in [0.717, 1.165) is 29.7 Å². The summed E-state index contributed by atoms with van der Waals surface area (Å²) >= 11 is 0.766. The first kappa shape index (κ1) is 23.1. The van der Waals surface area contributed by atoms with Gasteiger partial charge in [-0.2, -0.15) is 18.4 Å². The molecule has 1 N–H and O–H groups in total. The normalized spacial score (nSPS) is 11.2. The molecule has 3 rings (SSSR count). The molecule has 0 spiro atoms. The van der Waals surface area contributed by atoms with Crippen molar-refractivity contribution >= 4 is 23.5 Å². The van der Waals surface area contributed by atoms with E-state index in [1.807, 2.05) is 6.92 Å². The Hall–Kier alpha value is -3.52. The lowest BCUT2D eigenvalue weighted by Gasteiger charge is -2.13. The predicted octanol–water partition coefficient (Wildman–Crippen LogP) is 4.51. The van der Waals surface area contributed by atoms with Crippen molar-refractivity contribution in [2.75, 3.05) is 18.2 Å². The number of hydrogen-bond donors (Lipinski definition) is 1. The first-order valence-electron chi connectivity index (χ1n) is 9.25. The van der Waals surface area contributed by atoms with E-state index in [0.29, 0.717) is 22.6 Å². The van der Waals surface area contributed by atoms with E-state index in [1.54, 1.807) is 42.9 Å². The van der Waals surface area contributed by atoms with Crippen molar-refractivity contribution in [2.24, 2.45) is 0 Å². The van der Waals surface area contributed by atoms with Crippen LogP contribution in [-0.2, 0) is 11.0 Å². The standard InChI is InChI=1S/C21H18F3N5O2S/c1-12-13(2)29(14-4-6-15(31-3)7-5-14)19(16(12)10-25)28-18(30)11-32-20-26-9-8-17(27-20)21(22,23)24/h4-9H,11H2,1-3H3,(H,28,30). The molecule has 0 unspecified atom stereocenters. The molecule has 0 atom stereocenters. The number of amides is 1. The van der Waals surface area contributed by atoms with Gasteiger partial charge in [-0.15, -0.1) is 0 Å². The summed E-state index contributed by atoms with van der Waals surface area (Å²) in [6.07, 6.45) is -3.61. The fourth-order valence-corrected chi connectivity index (χ4v) is 3.61. The van der Waals surface area contributed by atoms with Crippen LogP contribution in [0.5, 0.6) is 5.75 Å². The number of anilines is 1. The quantitative estimate of drug-likeness (QED) is 0.429. The molecule has 7 nitrogen and oxygen atoms in total. The number of carbonyl (C=O) groups excluding carboxylic acids is 1. The van der Waals surface area contributed by atoms with Crippen LogP contribution >= 0.6 is 11.8 Å². The van der Waals surface area contributed by atoms with Gasteiger partial charge < -0.3 is 10.1 Å². The van der Waals surface area contributed by atoms with Gasteiger partial charge in [0.05, 0.1) is 18.4 Å². The third-order valence-corrected chi connectivity index (χ3v) is 5.53. The van der Waals surface area contributed by atoms with Crippen molar-refractivity contribution in [1.29, 1.82) is 5.26 Å². The van der Waals surface area contributed by atoms with Gasteiger partial charge in [0.1, 0.15) is 23.3 Å². The molecule has 0 fully saturated rings. The Balaban J connectivity index is 1.84. The van der Waals surface area contributed by atoms with Crippen LogP contribution in [0.15, 0.2) is 41.7 Å². The SMILES string of the molecule is COc1ccc(-n2c(C)c(C)c(C#N)c2NC(=O)CSc2nccc(C(F)(F)F)n2)cc1. The fourth-order valence-electron chi connectivity index (χ4n) is 2.98. The number of halogens is 3. The van der Waals surface area contributed by atoms with E-state index >= 15 is 0 Å². The maximum Gasteiger partial charge on any atom is 0.433 e. The van der Waals surface area contributed by atoms with Gasteiger partial charge in [0.25, 0.3) is 0 Å². The molecular formula is C21H18F3N5O2S. The van der Waals surface area contributed by atoms with Crippen LogP contribution in [0.25, 0.3) is 5.69 Å². The molecule has 0 aliphatic rings. The van der Waals surface area contributed by atoms with Gasteiger partial charge in [-0.25, -0.2) is 9.97 Å². The summed E-state index contributed by atoms with van der Waals surface area (Å²) in [5.41, 5.74) is 1.38. The molecular weight excluding hydrogens is 443 g/mol. The molecule has 0 aliphatic carbocycles. The average molecular weight is 461 g/mol. The van der Waals surface area contributed by atoms with Gasteiger partial charge in [-0.05, 0) is 49.7 Å². The van der Waals surface area contributed by atoms with Crippen LogP contribution in [-0.4, -0.2) is 33.3 Å². The molecule has 0 saturated carbocycles. The number of carbonyl (C=O) groups is 1. The summed E-state index contributed by atoms with van der Waals surface area (Å²) in [5, 5.41) is 12.2. The minimum absolute atomic E-state index is 0.173. The number of nitrogens with one attached hydrogen (secondary N) is 1. The average Bonchev–Trinajstić information content (AvgIpc) is 3.01. The number of thioether (sulfide) groups is 1. The van der Waals surface area contributed by atoms with Crippen LogP contribution in [0.4, 0.5) is 19.0 Å². The third kappa shape index (κ3) is 4.86. The Morgan fingerprint density at radius 3 is 2.53 bits per heavy atom. The Labute approximate surface area is 186 Å². The summed E-state index contributed by atoms with van der Waals surface area (Å²) in [6, 6.07) is 9.94. The lowest BCUT2D eigenvalue weighted by Crippen LogP contribution is -2.18. The first-order valence-corrected chi connectivity index (χ1v) is 10.2. The minimum atomic E-state index is -4.60. The number of benzene rings is 1. The van der Waals surface area contributed by atoms with Crippen molar-refractivity contribution in [3.05, 3.63) is 59.0 Å². The maximum absolute atomic E-state index is 12.8. The Kier molecular flexibility index (Phi) is 6.74. The molecule has 0 bridgehead atoms. The number of hydrogen-bond acceptors (Lipinski definition) is 6. The highest BCUT2D eigenvalue weighted by Gasteiger charge is 2.32. The highest BCUT2D eigenvalue weighted by Crippen LogP contribution is 2.31. The van der Waals surface area contributed by atoms with Crippen LogP contribution in [0.2, 0.25) is 0 Å². The molecule has 2 heterocycles. The molecule has 32 heavy (non-hydrogen) atoms. The molecule has 166 valence electrons. The van der Waals surface area contributed by atoms with E-state index in [2.05, 4.69) is 21.4 Å². The molecule has 2 aromatic heterocycles. The van der Waals surface area contributed by atoms with Crippen molar-refractivity contribution < 1.29 is 22.7 Å². The van der Waals surface area contributed by atoms with E-state index in [-0.39, 0.29) is 16.7 Å². The Bertz CT molecular complexity index is 1180. The molecule has 3 aromatic rings. The second kappa shape index (κ2) is 9.32. The monoisotopic (exact) mass is 461 g/mol. The molecule has 1 amide bonds. The molecule has 1 aromatic carbocycles. The van der Waals surface area contributed by atoms with Crippen LogP contribution < -0.4 is 10.1 Å². The summed E-state index contributed by atoms with van der Waals surface area (Å²) in [6.45, 7) is 3.59. The topological polar surface area (TPSA) is 92.8 Å². The Morgan fingerprint density at radius 2 is 1.94 bits per heavy atom. The number of nitriles is 1. The van der Waals surface area contributed by atoms with Crippen LogP contribution in [0.3, 0.4) is 0 Å². The van der Waals surface area contributed by atoms with Gasteiger partial charge in [0.15, 0.2) is 5.16 Å². The van der Waals surface area contributed by atoms with Crippen molar-refractivity contribution in [3.8, 4) is 17.5 Å². The van der Waals surface area contributed by atoms with E-state index in [9.17, 15) is 23.2 Å². The second-order valence-corrected chi connectivity index (χ2v) is 7.58. The number of nitrogens with zero attached hydrogens (tertiary/aromatic N) is 4. The van der Waals surface area contributed by atoms with Crippen molar-refractivity contribution in [3.63, 3.8) is 0 Å². The second-order valence-electron chi connectivity index (χ2n) is 6.64. The lowest BCUT2D eigenvalue weighted by molar-refractivity contribution is -0.141. The van der Waals surface area contributed by atoms with Gasteiger partial charge in [0.2, 0.25) is 5.91 Å². The van der Waals surface area contributed by atoms with Crippen LogP contribution in [0.1, 0.15) is 22.5 Å². The lowest BCUT2D eigenvalue weighted by atomic mass is 10.2. The summed E-state index contributed by atoms with van der Waals surface area (Å²) in [7, 11) is 1.55. The first-order chi connectivity index (χ1) is 15.2. The number of rotatable bonds is 6. The van der Waals surface area contributed by atoms with Crippen LogP contribution in [0, 0.1) is 25.2 Å². The minimum Gasteiger partial charge on any atom is -0.497 e. The van der Waals surface area contributed by atoms with E-state index in [4.69, 9.17) is 4.74 Å². The van der Waals surface area contributed by atoms with Crippen molar-refractivity contribution in [2.45, 2.75) is 25.2 Å². The molecule has 0 saturated heterocycles. The number of alkyl halides is 3. The zero-order valence-electron chi connectivity index (χ0n) is 17.3. The van der Waals surface area contributed by atoms with E-state index < -0.39 is 17.8 Å². The van der Waals surface area contributed by atoms with Gasteiger partial charge >= 0.3 is 6.18 Å². The number of methoxy groups -OCH3 is 1. The van der Waals surface area contributed by atoms with E-state index in [1.165, 1.54) is 0 Å². The third-order valence-electron chi connectivity index (χ3n) is 4.67. The summed E-state index contributed by atoms with van der Waals surface area (Å²) < 4.78 is 45.3. The molecule has 0 aliphatic heterocycles. The molecule has 0 radical (unpaired) electrons. The highest BCUT2D eigenvalue weighted by atomic mass is 32.2. The zero-order chi connectivity index (χ0) is 23.5. The summed E-state index contributed by atoms with van der Waals surface area (Å²) in [5.74, 6) is 0.180. The zero-order valence-corrected chi connectivity index (χ0v) is 18.1. The molecule has 11 heteroatoms. The van der Waals surface area contributed by atoms with Gasteiger partial charge in [0, 0.05) is 17.6 Å². The predicted molar refractivity (Wildman–Crippen MR) is 113 cm³/mol. The number of ether oxygens (including phenoxy) is 1. The van der Waals surface area contributed by atoms with Gasteiger partial charge in [-0.3, -0.25) is 9.36 Å². The van der Waals surface area contributed by atoms with Gasteiger partial charge in [-0.1, -0.05) is 11.8 Å². The van der Waals surface area contributed by atoms with Crippen molar-refractivity contribution in [1.82, 2.24) is 14.5 Å². The summed E-state index contributed by atoms with van der Waals surface area (Å²) in [4.78, 5) is 19.8. The largest absolute Gasteiger partial charge is 0.497 e. The Morgan fingerprint density at radius 1 is 1.25 bits per heavy atom. The highest BCUT2D eigenvalue weighted by molar-refractivity contribution is 7.99. The fraction of sp³-hybridized carbons (Fsp3) is 0.238. The maximum atomic E-state index is 12.8. The smallest absolute Gasteiger partial charge is 0.433 e.